The van der Waals surface area contributed by atoms with Gasteiger partial charge in [-0.05, 0) is 31.8 Å². The summed E-state index contributed by atoms with van der Waals surface area (Å²) in [5, 5.41) is 8.91. The summed E-state index contributed by atoms with van der Waals surface area (Å²) in [7, 11) is 0. The predicted octanol–water partition coefficient (Wildman–Crippen LogP) is 3.23. The van der Waals surface area contributed by atoms with Crippen molar-refractivity contribution in [2.24, 2.45) is 5.92 Å². The Labute approximate surface area is 121 Å². The van der Waals surface area contributed by atoms with E-state index in [0.717, 1.165) is 12.8 Å². The van der Waals surface area contributed by atoms with Crippen LogP contribution in [-0.2, 0) is 9.59 Å². The van der Waals surface area contributed by atoms with Crippen molar-refractivity contribution in [3.8, 4) is 0 Å². The number of likely N-dealkylation sites (tertiary alicyclic amines) is 1. The minimum Gasteiger partial charge on any atom is -0.481 e. The minimum absolute atomic E-state index is 0.0300. The van der Waals surface area contributed by atoms with Gasteiger partial charge in [-0.1, -0.05) is 38.7 Å². The Morgan fingerprint density at radius 3 is 2.40 bits per heavy atom. The van der Waals surface area contributed by atoms with Gasteiger partial charge in [0.1, 0.15) is 0 Å². The van der Waals surface area contributed by atoms with Gasteiger partial charge in [-0.25, -0.2) is 0 Å². The zero-order valence-electron chi connectivity index (χ0n) is 12.5. The maximum absolute atomic E-state index is 11.9. The quantitative estimate of drug-likeness (QED) is 0.549. The van der Waals surface area contributed by atoms with Crippen LogP contribution in [-0.4, -0.2) is 35.0 Å². The summed E-state index contributed by atoms with van der Waals surface area (Å²) in [6.45, 7) is 3.33. The average molecular weight is 281 g/mol. The number of hydrogen-bond donors (Lipinski definition) is 1. The van der Waals surface area contributed by atoms with Crippen LogP contribution in [0, 0.1) is 5.92 Å². The first kappa shape index (κ1) is 16.7. The molecule has 0 saturated carbocycles. The second kappa shape index (κ2) is 9.56. The van der Waals surface area contributed by atoms with Crippen molar-refractivity contribution in [2.75, 3.05) is 13.1 Å². The van der Waals surface area contributed by atoms with E-state index in [1.54, 1.807) is 11.0 Å². The zero-order valence-corrected chi connectivity index (χ0v) is 12.5. The Morgan fingerprint density at radius 1 is 1.15 bits per heavy atom. The Morgan fingerprint density at radius 2 is 1.80 bits per heavy atom. The van der Waals surface area contributed by atoms with Crippen LogP contribution in [0.4, 0.5) is 0 Å². The Balaban J connectivity index is 2.15. The average Bonchev–Trinajstić information content (AvgIpc) is 2.46. The molecule has 4 heteroatoms. The third-order valence-electron chi connectivity index (χ3n) is 3.89. The molecule has 4 nitrogen and oxygen atoms in total. The smallest absolute Gasteiger partial charge is 0.306 e. The van der Waals surface area contributed by atoms with Crippen LogP contribution >= 0.6 is 0 Å². The van der Waals surface area contributed by atoms with Gasteiger partial charge in [-0.2, -0.15) is 0 Å². The number of carboxylic acid groups (broad SMARTS) is 1. The van der Waals surface area contributed by atoms with Gasteiger partial charge in [-0.15, -0.1) is 0 Å². The van der Waals surface area contributed by atoms with E-state index in [-0.39, 0.29) is 11.8 Å². The lowest BCUT2D eigenvalue weighted by Crippen LogP contribution is -2.39. The first-order chi connectivity index (χ1) is 9.65. The van der Waals surface area contributed by atoms with Crippen LogP contribution < -0.4 is 0 Å². The molecule has 1 saturated heterocycles. The van der Waals surface area contributed by atoms with Gasteiger partial charge in [0.25, 0.3) is 0 Å². The molecule has 1 aliphatic heterocycles. The summed E-state index contributed by atoms with van der Waals surface area (Å²) in [5.74, 6) is -0.983. The van der Waals surface area contributed by atoms with Crippen molar-refractivity contribution in [2.45, 2.75) is 58.3 Å². The normalized spacial score (nSPS) is 16.8. The van der Waals surface area contributed by atoms with Crippen LogP contribution in [0.25, 0.3) is 0 Å². The second-order valence-electron chi connectivity index (χ2n) is 5.54. The molecular formula is C16H27NO3. The van der Waals surface area contributed by atoms with E-state index in [4.69, 9.17) is 5.11 Å². The third kappa shape index (κ3) is 6.22. The standard InChI is InChI=1S/C16H27NO3/c1-2-3-4-5-6-7-8-9-15(18)17-12-10-14(11-13-17)16(19)20/h8-9,14H,2-7,10-13H2,1H3,(H,19,20). The molecule has 1 amide bonds. The van der Waals surface area contributed by atoms with Crippen molar-refractivity contribution < 1.29 is 14.7 Å². The molecule has 1 heterocycles. The van der Waals surface area contributed by atoms with E-state index in [1.807, 2.05) is 6.08 Å². The lowest BCUT2D eigenvalue weighted by Gasteiger charge is -2.29. The maximum atomic E-state index is 11.9. The second-order valence-corrected chi connectivity index (χ2v) is 5.54. The van der Waals surface area contributed by atoms with E-state index < -0.39 is 5.97 Å². The number of nitrogens with zero attached hydrogens (tertiary/aromatic N) is 1. The Hall–Kier alpha value is -1.32. The topological polar surface area (TPSA) is 57.6 Å². The van der Waals surface area contributed by atoms with Crippen molar-refractivity contribution in [1.82, 2.24) is 4.90 Å². The third-order valence-corrected chi connectivity index (χ3v) is 3.89. The predicted molar refractivity (Wildman–Crippen MR) is 79.5 cm³/mol. The number of carbonyl (C=O) groups excluding carboxylic acids is 1. The molecule has 1 rings (SSSR count). The summed E-state index contributed by atoms with van der Waals surface area (Å²) >= 11 is 0. The number of amides is 1. The van der Waals surface area contributed by atoms with Gasteiger partial charge in [0.05, 0.1) is 5.92 Å². The number of rotatable bonds is 8. The summed E-state index contributed by atoms with van der Waals surface area (Å²) in [4.78, 5) is 24.5. The van der Waals surface area contributed by atoms with Crippen molar-refractivity contribution in [1.29, 1.82) is 0 Å². The fraction of sp³-hybridized carbons (Fsp3) is 0.750. The molecule has 1 N–H and O–H groups in total. The number of unbranched alkanes of at least 4 members (excludes halogenated alkanes) is 5. The molecule has 0 spiro atoms. The molecule has 114 valence electrons. The van der Waals surface area contributed by atoms with Gasteiger partial charge in [0.2, 0.25) is 5.91 Å². The highest BCUT2D eigenvalue weighted by Gasteiger charge is 2.25. The summed E-state index contributed by atoms with van der Waals surface area (Å²) < 4.78 is 0. The molecule has 0 radical (unpaired) electrons. The molecule has 0 aliphatic carbocycles. The number of carbonyl (C=O) groups is 2. The lowest BCUT2D eigenvalue weighted by atomic mass is 9.97. The highest BCUT2D eigenvalue weighted by Crippen LogP contribution is 2.17. The van der Waals surface area contributed by atoms with E-state index >= 15 is 0 Å². The molecule has 0 bridgehead atoms. The van der Waals surface area contributed by atoms with Crippen LogP contribution in [0.1, 0.15) is 58.3 Å². The van der Waals surface area contributed by atoms with Gasteiger partial charge in [0.15, 0.2) is 0 Å². The van der Waals surface area contributed by atoms with Crippen molar-refractivity contribution >= 4 is 11.9 Å². The zero-order chi connectivity index (χ0) is 14.8. The highest BCUT2D eigenvalue weighted by atomic mass is 16.4. The first-order valence-electron chi connectivity index (χ1n) is 7.83. The fourth-order valence-corrected chi connectivity index (χ4v) is 2.50. The number of allylic oxidation sites excluding steroid dienone is 1. The lowest BCUT2D eigenvalue weighted by molar-refractivity contribution is -0.144. The molecule has 0 aromatic rings. The molecule has 0 atom stereocenters. The Kier molecular flexibility index (Phi) is 8.00. The SMILES string of the molecule is CCCCCCCC=CC(=O)N1CCC(C(=O)O)CC1. The Bertz CT molecular complexity index is 331. The van der Waals surface area contributed by atoms with Crippen molar-refractivity contribution in [3.05, 3.63) is 12.2 Å². The van der Waals surface area contributed by atoms with Crippen LogP contribution in [0.15, 0.2) is 12.2 Å². The monoisotopic (exact) mass is 281 g/mol. The summed E-state index contributed by atoms with van der Waals surface area (Å²) in [6.07, 6.45) is 11.9. The molecule has 1 fully saturated rings. The number of hydrogen-bond acceptors (Lipinski definition) is 2. The highest BCUT2D eigenvalue weighted by molar-refractivity contribution is 5.87. The van der Waals surface area contributed by atoms with Gasteiger partial charge < -0.3 is 10.0 Å². The van der Waals surface area contributed by atoms with E-state index in [1.165, 1.54) is 25.7 Å². The largest absolute Gasteiger partial charge is 0.481 e. The fourth-order valence-electron chi connectivity index (χ4n) is 2.50. The number of aliphatic carboxylic acids is 1. The number of carboxylic acids is 1. The minimum atomic E-state index is -0.736. The van der Waals surface area contributed by atoms with Gasteiger partial charge >= 0.3 is 5.97 Å². The maximum Gasteiger partial charge on any atom is 0.306 e. The summed E-state index contributed by atoms with van der Waals surface area (Å²) in [5.41, 5.74) is 0. The van der Waals surface area contributed by atoms with E-state index in [9.17, 15) is 9.59 Å². The van der Waals surface area contributed by atoms with Crippen LogP contribution in [0.2, 0.25) is 0 Å². The van der Waals surface area contributed by atoms with Gasteiger partial charge in [-0.3, -0.25) is 9.59 Å². The molecule has 0 aromatic carbocycles. The van der Waals surface area contributed by atoms with E-state index in [0.29, 0.717) is 25.9 Å². The van der Waals surface area contributed by atoms with Crippen molar-refractivity contribution in [3.63, 3.8) is 0 Å². The molecule has 20 heavy (non-hydrogen) atoms. The van der Waals surface area contributed by atoms with Gasteiger partial charge in [0, 0.05) is 13.1 Å². The van der Waals surface area contributed by atoms with E-state index in [2.05, 4.69) is 6.92 Å². The summed E-state index contributed by atoms with van der Waals surface area (Å²) in [6, 6.07) is 0. The van der Waals surface area contributed by atoms with Crippen LogP contribution in [0.3, 0.4) is 0 Å². The molecule has 1 aliphatic rings. The molecular weight excluding hydrogens is 254 g/mol. The molecule has 0 unspecified atom stereocenters. The van der Waals surface area contributed by atoms with Crippen LogP contribution in [0.5, 0.6) is 0 Å². The first-order valence-corrected chi connectivity index (χ1v) is 7.83. The molecule has 0 aromatic heterocycles. The number of piperidine rings is 1.